The van der Waals surface area contributed by atoms with Crippen molar-refractivity contribution in [2.45, 2.75) is 107 Å². The molecule has 0 spiro atoms. The zero-order valence-electron chi connectivity index (χ0n) is 28.5. The summed E-state index contributed by atoms with van der Waals surface area (Å²) < 4.78 is 20.2. The molecule has 1 aromatic carbocycles. The molecule has 2 fully saturated rings. The molecule has 0 unspecified atom stereocenters. The number of carbonyl (C=O) groups excluding carboxylic acids is 2. The Morgan fingerprint density at radius 2 is 1.52 bits per heavy atom. The molecular weight excluding hydrogens is 668 g/mol. The minimum atomic E-state index is -2.22. The van der Waals surface area contributed by atoms with E-state index in [1.807, 2.05) is 30.3 Å². The first-order valence-electron chi connectivity index (χ1n) is 16.0. The van der Waals surface area contributed by atoms with E-state index in [0.717, 1.165) is 12.0 Å². The topological polar surface area (TPSA) is 294 Å². The number of hydrogen-bond donors (Lipinski definition) is 11. The summed E-state index contributed by atoms with van der Waals surface area (Å²) in [6.45, 7) is 4.36. The molecule has 18 nitrogen and oxygen atoms in total. The Morgan fingerprint density at radius 1 is 0.900 bits per heavy atom. The van der Waals surface area contributed by atoms with Crippen LogP contribution in [0.25, 0.3) is 0 Å². The second-order valence-electron chi connectivity index (χ2n) is 13.2. The monoisotopic (exact) mass is 720 g/mol. The predicted molar refractivity (Wildman–Crippen MR) is 171 cm³/mol. The molecule has 2 aliphatic heterocycles. The van der Waals surface area contributed by atoms with E-state index in [1.165, 1.54) is 7.11 Å². The summed E-state index contributed by atoms with van der Waals surface area (Å²) >= 11 is 0. The average Bonchev–Trinajstić information content (AvgIpc) is 3.32. The molecule has 2 heterocycles. The number of carboxylic acids is 1. The highest BCUT2D eigenvalue weighted by Crippen LogP contribution is 2.35. The van der Waals surface area contributed by atoms with Crippen LogP contribution in [0.1, 0.15) is 39.2 Å². The van der Waals surface area contributed by atoms with Gasteiger partial charge in [0.1, 0.15) is 55.4 Å². The van der Waals surface area contributed by atoms with E-state index in [-0.39, 0.29) is 18.3 Å². The minimum absolute atomic E-state index is 0.0547. The fraction of sp³-hybridized carbons (Fsp3) is 0.719. The molecule has 1 aromatic rings. The second-order valence-corrected chi connectivity index (χ2v) is 13.2. The Morgan fingerprint density at radius 3 is 2.02 bits per heavy atom. The number of carbonyl (C=O) groups is 3. The molecule has 2 saturated heterocycles. The van der Waals surface area contributed by atoms with Gasteiger partial charge in [-0.25, -0.2) is 4.79 Å². The van der Waals surface area contributed by atoms with Crippen LogP contribution < -0.4 is 10.6 Å². The number of aliphatic hydroxyl groups is 8. The van der Waals surface area contributed by atoms with Gasteiger partial charge in [0.05, 0.1) is 32.8 Å². The Bertz CT molecular complexity index is 1200. The Hall–Kier alpha value is -2.85. The molecule has 286 valence electrons. The molecule has 0 bridgehead atoms. The Kier molecular flexibility index (Phi) is 17.0. The number of rotatable bonds is 15. The summed E-state index contributed by atoms with van der Waals surface area (Å²) in [6, 6.07) is 7.42. The van der Waals surface area contributed by atoms with Gasteiger partial charge in [-0.15, -0.1) is 0 Å². The van der Waals surface area contributed by atoms with E-state index in [4.69, 9.17) is 34.3 Å². The van der Waals surface area contributed by atoms with Crippen LogP contribution in [0.5, 0.6) is 0 Å². The van der Waals surface area contributed by atoms with Gasteiger partial charge >= 0.3 is 11.9 Å². The minimum Gasteiger partial charge on any atom is -0.481 e. The molecule has 0 aliphatic carbocycles. The van der Waals surface area contributed by atoms with Gasteiger partial charge in [-0.05, 0) is 23.9 Å². The molecule has 18 heteroatoms. The molecule has 11 atom stereocenters. The normalized spacial score (nSPS) is 30.8. The van der Waals surface area contributed by atoms with Gasteiger partial charge in [-0.2, -0.15) is 0 Å². The van der Waals surface area contributed by atoms with Crippen LogP contribution in [0.3, 0.4) is 0 Å². The molecule has 0 aromatic heterocycles. The maximum atomic E-state index is 12.6. The quantitative estimate of drug-likeness (QED) is 0.0779. The van der Waals surface area contributed by atoms with Crippen LogP contribution in [0.15, 0.2) is 30.3 Å². The Labute approximate surface area is 289 Å². The number of ether oxygens (including phenoxy) is 4. The third kappa shape index (κ3) is 12.1. The maximum Gasteiger partial charge on any atom is 0.328 e. The lowest BCUT2D eigenvalue weighted by Gasteiger charge is -2.43. The van der Waals surface area contributed by atoms with Crippen molar-refractivity contribution >= 4 is 17.8 Å². The third-order valence-corrected chi connectivity index (χ3v) is 8.12. The van der Waals surface area contributed by atoms with Crippen molar-refractivity contribution in [3.63, 3.8) is 0 Å². The molecular formula is C32H52N2O16. The number of aliphatic carboxylic acids is 1. The highest BCUT2D eigenvalue weighted by atomic mass is 16.8. The summed E-state index contributed by atoms with van der Waals surface area (Å²) in [7, 11) is 1.25. The van der Waals surface area contributed by atoms with Crippen molar-refractivity contribution < 1.29 is 79.3 Å². The van der Waals surface area contributed by atoms with Crippen LogP contribution in [0, 0.1) is 5.41 Å². The van der Waals surface area contributed by atoms with Gasteiger partial charge < -0.3 is 75.5 Å². The predicted octanol–water partition coefficient (Wildman–Crippen LogP) is -3.64. The SMILES string of the molecule is COC(=O)[C@H](Cc1ccccc1)NC(=O)[C@H](CC(=O)O)NCCC(C)(C)C.OC[C@H]1O[C@@](CO)(O[C@H]2O[C@H](CO)[C@@H](O)[C@H](O)[C@H]2O)[C@@H](O)[C@@H]1O. The second kappa shape index (κ2) is 19.7. The van der Waals surface area contributed by atoms with Crippen molar-refractivity contribution in [1.82, 2.24) is 10.6 Å². The lowest BCUT2D eigenvalue weighted by Crippen LogP contribution is -2.62. The number of hydrogen-bond acceptors (Lipinski definition) is 16. The van der Waals surface area contributed by atoms with E-state index < -0.39 is 105 Å². The number of benzene rings is 1. The zero-order chi connectivity index (χ0) is 37.8. The average molecular weight is 721 g/mol. The highest BCUT2D eigenvalue weighted by Gasteiger charge is 2.58. The summed E-state index contributed by atoms with van der Waals surface area (Å²) in [5.74, 6) is -4.41. The van der Waals surface area contributed by atoms with Crippen molar-refractivity contribution in [2.75, 3.05) is 33.5 Å². The fourth-order valence-electron chi connectivity index (χ4n) is 5.14. The van der Waals surface area contributed by atoms with Crippen molar-refractivity contribution in [2.24, 2.45) is 5.41 Å². The fourth-order valence-corrected chi connectivity index (χ4v) is 5.14. The van der Waals surface area contributed by atoms with E-state index in [2.05, 4.69) is 31.4 Å². The molecule has 3 rings (SSSR count). The lowest BCUT2D eigenvalue weighted by atomic mass is 9.92. The number of esters is 1. The third-order valence-electron chi connectivity index (χ3n) is 8.12. The van der Waals surface area contributed by atoms with Gasteiger partial charge in [0.2, 0.25) is 11.7 Å². The highest BCUT2D eigenvalue weighted by molar-refractivity contribution is 5.90. The number of amides is 1. The van der Waals surface area contributed by atoms with Gasteiger partial charge in [-0.1, -0.05) is 51.1 Å². The van der Waals surface area contributed by atoms with E-state index in [0.29, 0.717) is 6.54 Å². The molecule has 50 heavy (non-hydrogen) atoms. The van der Waals surface area contributed by atoms with Crippen LogP contribution in [-0.4, -0.2) is 164 Å². The molecule has 11 N–H and O–H groups in total. The summed E-state index contributed by atoms with van der Waals surface area (Å²) in [5, 5.41) is 91.4. The smallest absolute Gasteiger partial charge is 0.328 e. The summed E-state index contributed by atoms with van der Waals surface area (Å²) in [5.41, 5.74) is 0.919. The van der Waals surface area contributed by atoms with E-state index in [9.17, 15) is 45.0 Å². The van der Waals surface area contributed by atoms with Crippen LogP contribution >= 0.6 is 0 Å². The first-order chi connectivity index (χ1) is 23.4. The largest absolute Gasteiger partial charge is 0.481 e. The molecule has 0 radical (unpaired) electrons. The number of nitrogens with one attached hydrogen (secondary N) is 2. The van der Waals surface area contributed by atoms with Crippen LogP contribution in [0.4, 0.5) is 0 Å². The standard InChI is InChI=1S/C20H30N2O5.C12H22O11/c1-20(2,3)10-11-21-15(13-17(23)24)18(25)22-16(19(26)27-4)12-14-8-6-5-7-9-14;13-1-4-6(16)8(18)9(19)11(21-4)23-12(3-15)10(20)7(17)5(2-14)22-12/h5-9,15-16,21H,10-13H2,1-4H3,(H,22,25)(H,23,24);4-11,13-20H,1-3H2/t15-,16-;4-,5-,6-,7-,8+,9-,10+,11-,12+/m01/s1. The maximum absolute atomic E-state index is 12.6. The van der Waals surface area contributed by atoms with Gasteiger partial charge in [0.15, 0.2) is 6.29 Å². The van der Waals surface area contributed by atoms with E-state index >= 15 is 0 Å². The van der Waals surface area contributed by atoms with E-state index in [1.54, 1.807) is 0 Å². The first kappa shape index (κ1) is 43.3. The van der Waals surface area contributed by atoms with Crippen LogP contribution in [0.2, 0.25) is 0 Å². The molecule has 1 amide bonds. The number of methoxy groups -OCH3 is 1. The summed E-state index contributed by atoms with van der Waals surface area (Å²) in [6.07, 6.45) is -12.0. The van der Waals surface area contributed by atoms with Crippen molar-refractivity contribution in [3.8, 4) is 0 Å². The number of aliphatic hydroxyl groups excluding tert-OH is 8. The van der Waals surface area contributed by atoms with Crippen molar-refractivity contribution in [1.29, 1.82) is 0 Å². The van der Waals surface area contributed by atoms with Gasteiger partial charge in [0, 0.05) is 6.42 Å². The van der Waals surface area contributed by atoms with Gasteiger partial charge in [0.25, 0.3) is 0 Å². The molecule has 0 saturated carbocycles. The van der Waals surface area contributed by atoms with Crippen LogP contribution in [-0.2, 0) is 39.8 Å². The first-order valence-corrected chi connectivity index (χ1v) is 16.0. The Balaban J connectivity index is 0.000000351. The lowest BCUT2D eigenvalue weighted by molar-refractivity contribution is -0.383. The number of carboxylic acid groups (broad SMARTS) is 1. The van der Waals surface area contributed by atoms with Gasteiger partial charge in [-0.3, -0.25) is 9.59 Å². The zero-order valence-corrected chi connectivity index (χ0v) is 28.5. The van der Waals surface area contributed by atoms with Crippen molar-refractivity contribution in [3.05, 3.63) is 35.9 Å². The molecule has 2 aliphatic rings. The summed E-state index contributed by atoms with van der Waals surface area (Å²) in [4.78, 5) is 35.8.